The number of hydrogen-bond acceptors (Lipinski definition) is 4. The minimum Gasteiger partial charge on any atom is -0.379 e. The summed E-state index contributed by atoms with van der Waals surface area (Å²) >= 11 is 0. The molecule has 3 aliphatic heterocycles. The number of likely N-dealkylation sites (tertiary alicyclic amines) is 2. The van der Waals surface area contributed by atoms with Crippen LogP contribution in [-0.4, -0.2) is 86.3 Å². The van der Waals surface area contributed by atoms with Gasteiger partial charge in [-0.25, -0.2) is 0 Å². The van der Waals surface area contributed by atoms with E-state index in [1.165, 1.54) is 39.0 Å². The highest BCUT2D eigenvalue weighted by atomic mass is 16.5. The number of fused-ring (bicyclic) bond motifs is 1. The monoisotopic (exact) mass is 413 g/mol. The van der Waals surface area contributed by atoms with Crippen LogP contribution in [-0.2, 0) is 4.74 Å². The molecule has 4 fully saturated rings. The largest absolute Gasteiger partial charge is 0.379 e. The van der Waals surface area contributed by atoms with Gasteiger partial charge in [0.1, 0.15) is 0 Å². The van der Waals surface area contributed by atoms with Crippen molar-refractivity contribution in [2.45, 2.75) is 52.5 Å². The van der Waals surface area contributed by atoms with E-state index in [-0.39, 0.29) is 0 Å². The molecule has 0 aromatic heterocycles. The number of rotatable bonds is 2. The number of hydrogen-bond donors (Lipinski definition) is 0. The molecule has 3 saturated heterocycles. The first-order valence-electron chi connectivity index (χ1n) is 12.1. The normalized spacial score (nSPS) is 28.2. The SMILES string of the molecule is CC(C)C#CCN1CC2CN(C)CC2C1.CC(C)C#CCN1CCCOCC12CC2. The Bertz CT molecular complexity index is 647. The van der Waals surface area contributed by atoms with Gasteiger partial charge in [-0.05, 0) is 38.1 Å². The molecular weight excluding hydrogens is 370 g/mol. The lowest BCUT2D eigenvalue weighted by atomic mass is 10.0. The van der Waals surface area contributed by atoms with Crippen LogP contribution in [0, 0.1) is 47.4 Å². The topological polar surface area (TPSA) is 19.0 Å². The van der Waals surface area contributed by atoms with Crippen molar-refractivity contribution in [3.63, 3.8) is 0 Å². The van der Waals surface area contributed by atoms with Crippen molar-refractivity contribution < 1.29 is 4.74 Å². The zero-order valence-corrected chi connectivity index (χ0v) is 20.0. The van der Waals surface area contributed by atoms with Gasteiger partial charge in [-0.1, -0.05) is 51.4 Å². The first-order chi connectivity index (χ1) is 14.4. The first kappa shape index (κ1) is 23.6. The van der Waals surface area contributed by atoms with E-state index in [1.807, 2.05) is 0 Å². The summed E-state index contributed by atoms with van der Waals surface area (Å²) in [5.41, 5.74) is 0.377. The van der Waals surface area contributed by atoms with E-state index in [4.69, 9.17) is 4.74 Å². The van der Waals surface area contributed by atoms with Crippen LogP contribution in [0.15, 0.2) is 0 Å². The van der Waals surface area contributed by atoms with Crippen LogP contribution < -0.4 is 0 Å². The van der Waals surface area contributed by atoms with Gasteiger partial charge in [0.15, 0.2) is 0 Å². The van der Waals surface area contributed by atoms with E-state index >= 15 is 0 Å². The summed E-state index contributed by atoms with van der Waals surface area (Å²) in [6.45, 7) is 18.6. The molecule has 1 saturated carbocycles. The van der Waals surface area contributed by atoms with Crippen molar-refractivity contribution in [3.8, 4) is 23.7 Å². The molecular formula is C26H43N3O. The highest BCUT2D eigenvalue weighted by molar-refractivity contribution is 5.10. The van der Waals surface area contributed by atoms with E-state index in [0.29, 0.717) is 17.4 Å². The quantitative estimate of drug-likeness (QED) is 0.648. The second-order valence-corrected chi connectivity index (χ2v) is 10.4. The average molecular weight is 414 g/mol. The molecule has 0 N–H and O–H groups in total. The molecule has 30 heavy (non-hydrogen) atoms. The summed E-state index contributed by atoms with van der Waals surface area (Å²) in [5.74, 6) is 15.9. The highest BCUT2D eigenvalue weighted by Crippen LogP contribution is 2.42. The molecule has 0 bridgehead atoms. The molecule has 0 aromatic carbocycles. The van der Waals surface area contributed by atoms with Gasteiger partial charge in [-0.3, -0.25) is 9.80 Å². The smallest absolute Gasteiger partial charge is 0.0650 e. The Hall–Kier alpha value is -1.04. The van der Waals surface area contributed by atoms with Gasteiger partial charge in [-0.15, -0.1) is 0 Å². The Kier molecular flexibility index (Phi) is 8.67. The molecule has 4 heteroatoms. The van der Waals surface area contributed by atoms with Crippen LogP contribution >= 0.6 is 0 Å². The van der Waals surface area contributed by atoms with Crippen molar-refractivity contribution in [2.24, 2.45) is 23.7 Å². The average Bonchev–Trinajstić information content (AvgIpc) is 3.31. The van der Waals surface area contributed by atoms with Crippen LogP contribution in [0.1, 0.15) is 47.0 Å². The Morgan fingerprint density at radius 3 is 2.07 bits per heavy atom. The molecule has 4 rings (SSSR count). The molecule has 0 radical (unpaired) electrons. The summed E-state index contributed by atoms with van der Waals surface area (Å²) in [4.78, 5) is 7.53. The fourth-order valence-corrected chi connectivity index (χ4v) is 4.96. The fourth-order valence-electron chi connectivity index (χ4n) is 4.96. The highest BCUT2D eigenvalue weighted by Gasteiger charge is 2.48. The molecule has 1 spiro atoms. The minimum absolute atomic E-state index is 0.377. The third-order valence-corrected chi connectivity index (χ3v) is 6.68. The molecule has 168 valence electrons. The third-order valence-electron chi connectivity index (χ3n) is 6.68. The summed E-state index contributed by atoms with van der Waals surface area (Å²) in [7, 11) is 2.24. The Morgan fingerprint density at radius 2 is 1.50 bits per heavy atom. The zero-order valence-electron chi connectivity index (χ0n) is 20.0. The second-order valence-electron chi connectivity index (χ2n) is 10.4. The molecule has 0 amide bonds. The van der Waals surface area contributed by atoms with Crippen molar-refractivity contribution in [1.82, 2.24) is 14.7 Å². The summed E-state index contributed by atoms with van der Waals surface area (Å²) in [5, 5.41) is 0. The van der Waals surface area contributed by atoms with Gasteiger partial charge >= 0.3 is 0 Å². The van der Waals surface area contributed by atoms with Crippen LogP contribution in [0.3, 0.4) is 0 Å². The maximum absolute atomic E-state index is 5.64. The van der Waals surface area contributed by atoms with Crippen LogP contribution in [0.2, 0.25) is 0 Å². The lowest BCUT2D eigenvalue weighted by molar-refractivity contribution is 0.0932. The van der Waals surface area contributed by atoms with Gasteiger partial charge in [0.25, 0.3) is 0 Å². The van der Waals surface area contributed by atoms with Crippen LogP contribution in [0.5, 0.6) is 0 Å². The van der Waals surface area contributed by atoms with E-state index in [9.17, 15) is 0 Å². The maximum atomic E-state index is 5.64. The summed E-state index contributed by atoms with van der Waals surface area (Å²) < 4.78 is 5.64. The first-order valence-corrected chi connectivity index (χ1v) is 12.1. The lowest BCUT2D eigenvalue weighted by Crippen LogP contribution is -2.39. The molecule has 4 aliphatic rings. The predicted molar refractivity (Wildman–Crippen MR) is 125 cm³/mol. The second kappa shape index (κ2) is 11.0. The molecule has 4 nitrogen and oxygen atoms in total. The Morgan fingerprint density at radius 1 is 0.900 bits per heavy atom. The van der Waals surface area contributed by atoms with Gasteiger partial charge in [0, 0.05) is 56.7 Å². The summed E-state index contributed by atoms with van der Waals surface area (Å²) in [6.07, 6.45) is 3.76. The van der Waals surface area contributed by atoms with Crippen molar-refractivity contribution in [2.75, 3.05) is 66.1 Å². The molecule has 3 heterocycles. The van der Waals surface area contributed by atoms with Gasteiger partial charge in [0.05, 0.1) is 19.7 Å². The van der Waals surface area contributed by atoms with Gasteiger partial charge in [-0.2, -0.15) is 0 Å². The molecule has 1 aliphatic carbocycles. The maximum Gasteiger partial charge on any atom is 0.0650 e. The Balaban J connectivity index is 0.000000171. The van der Waals surface area contributed by atoms with Crippen molar-refractivity contribution >= 4 is 0 Å². The Labute approximate surface area is 185 Å². The number of nitrogens with zero attached hydrogens (tertiary/aromatic N) is 3. The molecule has 2 atom stereocenters. The van der Waals surface area contributed by atoms with Crippen LogP contribution in [0.4, 0.5) is 0 Å². The lowest BCUT2D eigenvalue weighted by Gasteiger charge is -2.26. The fraction of sp³-hybridized carbons (Fsp3) is 0.846. The number of ether oxygens (including phenoxy) is 1. The molecule has 2 unspecified atom stereocenters. The predicted octanol–water partition coefficient (Wildman–Crippen LogP) is 3.04. The summed E-state index contributed by atoms with van der Waals surface area (Å²) in [6, 6.07) is 0. The molecule has 0 aromatic rings. The van der Waals surface area contributed by atoms with Gasteiger partial charge < -0.3 is 9.64 Å². The van der Waals surface area contributed by atoms with Crippen molar-refractivity contribution in [1.29, 1.82) is 0 Å². The van der Waals surface area contributed by atoms with Crippen molar-refractivity contribution in [3.05, 3.63) is 0 Å². The minimum atomic E-state index is 0.377. The van der Waals surface area contributed by atoms with E-state index in [0.717, 1.165) is 51.1 Å². The van der Waals surface area contributed by atoms with Gasteiger partial charge in [0.2, 0.25) is 0 Å². The zero-order chi connectivity index (χ0) is 21.6. The third kappa shape index (κ3) is 7.00. The van der Waals surface area contributed by atoms with Crippen LogP contribution in [0.25, 0.3) is 0 Å². The standard InChI is InChI=1S/C13H22N2.C13H21NO/c1-11(2)5-4-6-15-9-12-7-14(3)8-13(12)10-15;1-12(2)5-3-8-14-9-4-10-15-11-13(14)6-7-13/h11-13H,6-10H2,1-3H3;12H,4,6-11H2,1-2H3. The van der Waals surface area contributed by atoms with E-state index in [1.54, 1.807) is 0 Å². The van der Waals surface area contributed by atoms with E-state index in [2.05, 4.69) is 73.1 Å². The van der Waals surface area contributed by atoms with E-state index < -0.39 is 0 Å².